The number of anilines is 1. The second kappa shape index (κ2) is 7.14. The molecule has 0 bridgehead atoms. The molecule has 21 heavy (non-hydrogen) atoms. The molecule has 2 rings (SSSR count). The molecule has 0 amide bonds. The van der Waals surface area contributed by atoms with Gasteiger partial charge in [-0.1, -0.05) is 30.3 Å². The maximum absolute atomic E-state index is 6.02. The van der Waals surface area contributed by atoms with Crippen molar-refractivity contribution in [3.05, 3.63) is 59.7 Å². The van der Waals surface area contributed by atoms with Crippen molar-refractivity contribution in [2.75, 3.05) is 32.6 Å². The lowest BCUT2D eigenvalue weighted by atomic mass is 9.91. The lowest BCUT2D eigenvalue weighted by molar-refractivity contribution is 0.408. The van der Waals surface area contributed by atoms with E-state index >= 15 is 0 Å². The van der Waals surface area contributed by atoms with Crippen molar-refractivity contribution in [1.29, 1.82) is 0 Å². The van der Waals surface area contributed by atoms with E-state index < -0.39 is 0 Å². The van der Waals surface area contributed by atoms with E-state index in [2.05, 4.69) is 49.3 Å². The largest absolute Gasteiger partial charge is 0.496 e. The number of rotatable bonds is 6. The van der Waals surface area contributed by atoms with E-state index in [0.717, 1.165) is 12.2 Å². The molecule has 3 heteroatoms. The van der Waals surface area contributed by atoms with Crippen molar-refractivity contribution in [2.24, 2.45) is 5.73 Å². The predicted octanol–water partition coefficient (Wildman–Crippen LogP) is 3.05. The van der Waals surface area contributed by atoms with Gasteiger partial charge in [-0.3, -0.25) is 0 Å². The lowest BCUT2D eigenvalue weighted by Gasteiger charge is -2.20. The van der Waals surface area contributed by atoms with Gasteiger partial charge in [-0.15, -0.1) is 0 Å². The zero-order chi connectivity index (χ0) is 15.2. The molecule has 2 N–H and O–H groups in total. The van der Waals surface area contributed by atoms with Gasteiger partial charge in [0.15, 0.2) is 0 Å². The molecule has 0 spiro atoms. The molecular formula is C18H24N2O. The molecule has 0 saturated carbocycles. The second-order valence-corrected chi connectivity index (χ2v) is 5.44. The van der Waals surface area contributed by atoms with Crippen LogP contribution in [0.2, 0.25) is 0 Å². The van der Waals surface area contributed by atoms with Gasteiger partial charge in [0.05, 0.1) is 7.11 Å². The number of benzene rings is 2. The summed E-state index contributed by atoms with van der Waals surface area (Å²) in [5.41, 5.74) is 9.69. The average Bonchev–Trinajstić information content (AvgIpc) is 2.53. The van der Waals surface area contributed by atoms with Crippen molar-refractivity contribution in [3.8, 4) is 5.75 Å². The number of methoxy groups -OCH3 is 1. The fourth-order valence-corrected chi connectivity index (χ4v) is 2.53. The number of ether oxygens (including phenoxy) is 1. The van der Waals surface area contributed by atoms with Gasteiger partial charge in [0.2, 0.25) is 0 Å². The van der Waals surface area contributed by atoms with Crippen LogP contribution in [-0.2, 0) is 6.42 Å². The Morgan fingerprint density at radius 3 is 2.52 bits per heavy atom. The quantitative estimate of drug-likeness (QED) is 0.886. The van der Waals surface area contributed by atoms with Crippen LogP contribution >= 0.6 is 0 Å². The summed E-state index contributed by atoms with van der Waals surface area (Å²) in [4.78, 5) is 2.11. The van der Waals surface area contributed by atoms with E-state index in [0.29, 0.717) is 12.5 Å². The maximum atomic E-state index is 6.02. The Morgan fingerprint density at radius 2 is 1.86 bits per heavy atom. The van der Waals surface area contributed by atoms with Crippen LogP contribution in [-0.4, -0.2) is 27.7 Å². The Hall–Kier alpha value is -2.00. The van der Waals surface area contributed by atoms with Crippen LogP contribution in [0.3, 0.4) is 0 Å². The molecule has 2 aromatic carbocycles. The van der Waals surface area contributed by atoms with Gasteiger partial charge in [-0.25, -0.2) is 0 Å². The van der Waals surface area contributed by atoms with Crippen LogP contribution in [0.4, 0.5) is 5.69 Å². The highest BCUT2D eigenvalue weighted by Crippen LogP contribution is 2.27. The second-order valence-electron chi connectivity index (χ2n) is 5.44. The molecule has 0 aliphatic heterocycles. The van der Waals surface area contributed by atoms with Crippen LogP contribution in [0.15, 0.2) is 48.5 Å². The third-order valence-electron chi connectivity index (χ3n) is 3.80. The Kier molecular flexibility index (Phi) is 5.23. The summed E-state index contributed by atoms with van der Waals surface area (Å²) in [6.07, 6.45) is 0.886. The van der Waals surface area contributed by atoms with Crippen LogP contribution in [0.1, 0.15) is 17.0 Å². The Balaban J connectivity index is 2.25. The molecule has 1 unspecified atom stereocenters. The lowest BCUT2D eigenvalue weighted by Crippen LogP contribution is -2.16. The predicted molar refractivity (Wildman–Crippen MR) is 89.3 cm³/mol. The van der Waals surface area contributed by atoms with Crippen LogP contribution in [0.25, 0.3) is 0 Å². The molecule has 1 atom stereocenters. The van der Waals surface area contributed by atoms with Crippen molar-refractivity contribution >= 4 is 5.69 Å². The van der Waals surface area contributed by atoms with Gasteiger partial charge in [-0.05, 0) is 42.3 Å². The number of para-hydroxylation sites is 1. The number of nitrogens with zero attached hydrogens (tertiary/aromatic N) is 1. The topological polar surface area (TPSA) is 38.5 Å². The molecule has 0 aliphatic carbocycles. The summed E-state index contributed by atoms with van der Waals surface area (Å²) in [7, 11) is 5.82. The molecule has 0 saturated heterocycles. The highest BCUT2D eigenvalue weighted by molar-refractivity contribution is 5.48. The Bertz CT molecular complexity index is 581. The zero-order valence-corrected chi connectivity index (χ0v) is 13.0. The first-order valence-corrected chi connectivity index (χ1v) is 7.25. The van der Waals surface area contributed by atoms with Gasteiger partial charge < -0.3 is 15.4 Å². The third kappa shape index (κ3) is 3.76. The first-order valence-electron chi connectivity index (χ1n) is 7.25. The van der Waals surface area contributed by atoms with Crippen molar-refractivity contribution in [3.63, 3.8) is 0 Å². The number of hydrogen-bond acceptors (Lipinski definition) is 3. The fourth-order valence-electron chi connectivity index (χ4n) is 2.53. The Labute approximate surface area is 127 Å². The van der Waals surface area contributed by atoms with Gasteiger partial charge in [0, 0.05) is 25.7 Å². The van der Waals surface area contributed by atoms with E-state index in [1.165, 1.54) is 16.8 Å². The smallest absolute Gasteiger partial charge is 0.122 e. The van der Waals surface area contributed by atoms with Gasteiger partial charge >= 0.3 is 0 Å². The van der Waals surface area contributed by atoms with Crippen LogP contribution in [0.5, 0.6) is 5.75 Å². The van der Waals surface area contributed by atoms with Crippen molar-refractivity contribution in [1.82, 2.24) is 0 Å². The molecule has 3 nitrogen and oxygen atoms in total. The van der Waals surface area contributed by atoms with E-state index in [1.807, 2.05) is 18.2 Å². The number of hydrogen-bond donors (Lipinski definition) is 1. The Morgan fingerprint density at radius 1 is 1.10 bits per heavy atom. The fraction of sp³-hybridized carbons (Fsp3) is 0.333. The van der Waals surface area contributed by atoms with E-state index in [9.17, 15) is 0 Å². The highest BCUT2D eigenvalue weighted by Gasteiger charge is 2.14. The normalized spacial score (nSPS) is 12.0. The van der Waals surface area contributed by atoms with E-state index in [4.69, 9.17) is 10.5 Å². The van der Waals surface area contributed by atoms with E-state index in [1.54, 1.807) is 7.11 Å². The minimum atomic E-state index is 0.293. The molecule has 0 aliphatic rings. The van der Waals surface area contributed by atoms with Gasteiger partial charge in [0.25, 0.3) is 0 Å². The van der Waals surface area contributed by atoms with Crippen molar-refractivity contribution in [2.45, 2.75) is 12.3 Å². The first-order chi connectivity index (χ1) is 10.2. The zero-order valence-electron chi connectivity index (χ0n) is 13.0. The van der Waals surface area contributed by atoms with E-state index in [-0.39, 0.29) is 0 Å². The molecule has 0 radical (unpaired) electrons. The first kappa shape index (κ1) is 15.4. The SMILES string of the molecule is COc1ccccc1CC(CN)c1cccc(N(C)C)c1. The minimum absolute atomic E-state index is 0.293. The van der Waals surface area contributed by atoms with Crippen LogP contribution < -0.4 is 15.4 Å². The van der Waals surface area contributed by atoms with Gasteiger partial charge in [0.1, 0.15) is 5.75 Å². The maximum Gasteiger partial charge on any atom is 0.122 e. The summed E-state index contributed by atoms with van der Waals surface area (Å²) in [5.74, 6) is 1.22. The molecule has 0 fully saturated rings. The highest BCUT2D eigenvalue weighted by atomic mass is 16.5. The molecule has 0 aromatic heterocycles. The summed E-state index contributed by atoms with van der Waals surface area (Å²) < 4.78 is 5.44. The molecule has 2 aromatic rings. The van der Waals surface area contributed by atoms with Crippen molar-refractivity contribution < 1.29 is 4.74 Å². The summed E-state index contributed by atoms with van der Waals surface area (Å²) in [5, 5.41) is 0. The van der Waals surface area contributed by atoms with Gasteiger partial charge in [-0.2, -0.15) is 0 Å². The molecular weight excluding hydrogens is 260 g/mol. The average molecular weight is 284 g/mol. The summed E-state index contributed by atoms with van der Waals surface area (Å²) in [6, 6.07) is 16.7. The standard InChI is InChI=1S/C18H24N2O/c1-20(2)17-9-6-8-14(12-17)16(13-19)11-15-7-4-5-10-18(15)21-3/h4-10,12,16H,11,13,19H2,1-3H3. The number of nitrogens with two attached hydrogens (primary N) is 1. The minimum Gasteiger partial charge on any atom is -0.496 e. The molecule has 112 valence electrons. The third-order valence-corrected chi connectivity index (χ3v) is 3.80. The summed E-state index contributed by atoms with van der Waals surface area (Å²) in [6.45, 7) is 0.620. The van der Waals surface area contributed by atoms with Crippen LogP contribution in [0, 0.1) is 0 Å². The monoisotopic (exact) mass is 284 g/mol. The summed E-state index contributed by atoms with van der Waals surface area (Å²) >= 11 is 0. The molecule has 0 heterocycles.